The van der Waals surface area contributed by atoms with Crippen molar-refractivity contribution in [3.63, 3.8) is 0 Å². The third-order valence-corrected chi connectivity index (χ3v) is 9.21. The van der Waals surface area contributed by atoms with Gasteiger partial charge in [-0.05, 0) is 51.5 Å². The maximum atomic E-state index is 11.7. The van der Waals surface area contributed by atoms with Crippen LogP contribution in [0.1, 0.15) is 123 Å². The van der Waals surface area contributed by atoms with E-state index in [9.17, 15) is 18.1 Å². The second-order valence-electron chi connectivity index (χ2n) is 11.1. The molecule has 1 aromatic carbocycles. The van der Waals surface area contributed by atoms with E-state index in [1.165, 1.54) is 64.2 Å². The Kier molecular flexibility index (Phi) is 17.7. The summed E-state index contributed by atoms with van der Waals surface area (Å²) in [5, 5.41) is 11.7. The Morgan fingerprint density at radius 1 is 0.868 bits per heavy atom. The maximum Gasteiger partial charge on any atom is 0.217 e. The molecule has 1 saturated carbocycles. The number of quaternary nitrogens is 1. The van der Waals surface area contributed by atoms with Crippen molar-refractivity contribution in [2.45, 2.75) is 123 Å². The quantitative estimate of drug-likeness (QED) is 0.0887. The third-order valence-electron chi connectivity index (χ3n) is 8.76. The van der Waals surface area contributed by atoms with Crippen molar-refractivity contribution in [1.82, 2.24) is 0 Å². The van der Waals surface area contributed by atoms with Gasteiger partial charge in [-0.25, -0.2) is 8.42 Å². The van der Waals surface area contributed by atoms with E-state index in [1.54, 1.807) is 0 Å². The summed E-state index contributed by atoms with van der Waals surface area (Å²) in [6.07, 6.45) is 16.0. The topological polar surface area (TPSA) is 86.7 Å². The molecule has 0 heterocycles. The van der Waals surface area contributed by atoms with Gasteiger partial charge < -0.3 is 14.1 Å². The van der Waals surface area contributed by atoms with Crippen LogP contribution in [0, 0.1) is 5.92 Å². The van der Waals surface area contributed by atoms with E-state index in [2.05, 4.69) is 62.2 Å². The second-order valence-corrected chi connectivity index (χ2v) is 12.1. The van der Waals surface area contributed by atoms with E-state index >= 15 is 0 Å². The highest BCUT2D eigenvalue weighted by atomic mass is 32.3. The van der Waals surface area contributed by atoms with Crippen molar-refractivity contribution in [2.75, 3.05) is 32.8 Å². The zero-order chi connectivity index (χ0) is 28.3. The Morgan fingerprint density at radius 2 is 1.39 bits per heavy atom. The fourth-order valence-corrected chi connectivity index (χ4v) is 6.16. The highest BCUT2D eigenvalue weighted by Crippen LogP contribution is 2.42. The molecule has 6 nitrogen and oxygen atoms in total. The highest BCUT2D eigenvalue weighted by Gasteiger charge is 2.40. The van der Waals surface area contributed by atoms with Crippen LogP contribution in [-0.2, 0) is 20.2 Å². The zero-order valence-electron chi connectivity index (χ0n) is 24.8. The third kappa shape index (κ3) is 13.4. The van der Waals surface area contributed by atoms with Gasteiger partial charge in [0.15, 0.2) is 0 Å². The first-order valence-corrected chi connectivity index (χ1v) is 16.7. The van der Waals surface area contributed by atoms with Gasteiger partial charge in [0, 0.05) is 6.42 Å². The van der Waals surface area contributed by atoms with Crippen LogP contribution >= 0.6 is 0 Å². The van der Waals surface area contributed by atoms with Gasteiger partial charge in [-0.15, -0.1) is 0 Å². The summed E-state index contributed by atoms with van der Waals surface area (Å²) in [4.78, 5) is 0. The van der Waals surface area contributed by atoms with Gasteiger partial charge in [0.05, 0.1) is 38.4 Å². The standard InChI is InChI=1S/C21H36NO.C10H22O4S/c1-4-22(5-2,6-3)18-17-21(23,19-13-9-7-10-14-19)20-15-11-8-12-16-20;1-2-3-4-5-6-7-8-9-10-14-15(11,12)13/h7,9-10,13-14,20,23H,4-6,8,11-12,15-18H2,1-3H3;2-10H2,1H3,(H,11,12,13)/q+1;/p-1. The molecule has 222 valence electrons. The number of hydrogen-bond donors (Lipinski definition) is 1. The lowest BCUT2D eigenvalue weighted by atomic mass is 9.71. The van der Waals surface area contributed by atoms with Gasteiger partial charge in [0.2, 0.25) is 10.4 Å². The van der Waals surface area contributed by atoms with E-state index in [4.69, 9.17) is 0 Å². The lowest BCUT2D eigenvalue weighted by Crippen LogP contribution is -2.51. The Labute approximate surface area is 234 Å². The molecule has 1 N–H and O–H groups in total. The lowest BCUT2D eigenvalue weighted by molar-refractivity contribution is -0.924. The van der Waals surface area contributed by atoms with Gasteiger partial charge >= 0.3 is 0 Å². The molecule has 2 rings (SSSR count). The molecule has 0 amide bonds. The molecule has 0 bridgehead atoms. The first-order chi connectivity index (χ1) is 18.2. The lowest BCUT2D eigenvalue weighted by Gasteiger charge is -2.43. The largest absolute Gasteiger partial charge is 0.726 e. The van der Waals surface area contributed by atoms with Crippen LogP contribution in [0.4, 0.5) is 0 Å². The minimum atomic E-state index is -4.48. The van der Waals surface area contributed by atoms with Gasteiger partial charge in [-0.2, -0.15) is 0 Å². The van der Waals surface area contributed by atoms with Crippen molar-refractivity contribution in [3.8, 4) is 0 Å². The summed E-state index contributed by atoms with van der Waals surface area (Å²) in [5.41, 5.74) is 0.485. The Hall–Kier alpha value is -0.990. The van der Waals surface area contributed by atoms with Crippen LogP contribution in [0.15, 0.2) is 30.3 Å². The smallest absolute Gasteiger partial charge is 0.217 e. The molecule has 0 saturated heterocycles. The Balaban J connectivity index is 0.000000420. The highest BCUT2D eigenvalue weighted by molar-refractivity contribution is 7.80. The van der Waals surface area contributed by atoms with Crippen LogP contribution in [0.5, 0.6) is 0 Å². The monoisotopic (exact) mass is 555 g/mol. The predicted octanol–water partition coefficient (Wildman–Crippen LogP) is 7.33. The summed E-state index contributed by atoms with van der Waals surface area (Å²) < 4.78 is 35.4. The molecule has 0 aromatic heterocycles. The Morgan fingerprint density at radius 3 is 1.89 bits per heavy atom. The number of rotatable bonds is 18. The van der Waals surface area contributed by atoms with Crippen molar-refractivity contribution in [3.05, 3.63) is 35.9 Å². The molecule has 1 aromatic rings. The molecule has 1 aliphatic rings. The summed E-state index contributed by atoms with van der Waals surface area (Å²) in [6.45, 7) is 13.6. The van der Waals surface area contributed by atoms with Gasteiger partial charge in [-0.3, -0.25) is 4.18 Å². The maximum absolute atomic E-state index is 11.7. The van der Waals surface area contributed by atoms with Crippen LogP contribution in [-0.4, -0.2) is 55.3 Å². The molecule has 1 unspecified atom stereocenters. The fourth-order valence-electron chi connectivity index (χ4n) is 5.84. The molecule has 0 radical (unpaired) electrons. The molecule has 1 atom stereocenters. The molecule has 7 heteroatoms. The minimum Gasteiger partial charge on any atom is -0.726 e. The fraction of sp³-hybridized carbons (Fsp3) is 0.806. The number of aliphatic hydroxyl groups is 1. The minimum absolute atomic E-state index is 0.0286. The molecule has 1 aliphatic carbocycles. The van der Waals surface area contributed by atoms with Crippen molar-refractivity contribution >= 4 is 10.4 Å². The summed E-state index contributed by atoms with van der Waals surface area (Å²) >= 11 is 0. The summed E-state index contributed by atoms with van der Waals surface area (Å²) in [7, 11) is -4.48. The molecule has 38 heavy (non-hydrogen) atoms. The SMILES string of the molecule is CCCCCCCCCCOS(=O)(=O)[O-].CC[N+](CC)(CC)CCC(O)(c1ccccc1)C1CCCCC1. The zero-order valence-corrected chi connectivity index (χ0v) is 25.7. The number of unbranched alkanes of at least 4 members (excludes halogenated alkanes) is 7. The van der Waals surface area contributed by atoms with Crippen LogP contribution < -0.4 is 0 Å². The number of benzene rings is 1. The molecule has 1 fully saturated rings. The van der Waals surface area contributed by atoms with Crippen molar-refractivity contribution < 1.29 is 26.7 Å². The number of nitrogens with zero attached hydrogens (tertiary/aromatic N) is 1. The summed E-state index contributed by atoms with van der Waals surface area (Å²) in [5.74, 6) is 0.422. The molecule has 0 spiro atoms. The van der Waals surface area contributed by atoms with Crippen molar-refractivity contribution in [2.24, 2.45) is 5.92 Å². The van der Waals surface area contributed by atoms with Crippen molar-refractivity contribution in [1.29, 1.82) is 0 Å². The predicted molar refractivity (Wildman–Crippen MR) is 157 cm³/mol. The van der Waals surface area contributed by atoms with E-state index in [1.807, 2.05) is 0 Å². The molecule has 0 aliphatic heterocycles. The van der Waals surface area contributed by atoms with Crippen LogP contribution in [0.2, 0.25) is 0 Å². The summed E-state index contributed by atoms with van der Waals surface area (Å²) in [6, 6.07) is 10.5. The van der Waals surface area contributed by atoms with E-state index in [0.717, 1.165) is 55.5 Å². The van der Waals surface area contributed by atoms with Crippen LogP contribution in [0.3, 0.4) is 0 Å². The Bertz CT molecular complexity index is 799. The van der Waals surface area contributed by atoms with E-state index < -0.39 is 16.0 Å². The van der Waals surface area contributed by atoms with E-state index in [-0.39, 0.29) is 6.61 Å². The van der Waals surface area contributed by atoms with Gasteiger partial charge in [-0.1, -0.05) is 101 Å². The second kappa shape index (κ2) is 19.1. The van der Waals surface area contributed by atoms with Crippen LogP contribution in [0.25, 0.3) is 0 Å². The first-order valence-electron chi connectivity index (χ1n) is 15.4. The average Bonchev–Trinajstić information content (AvgIpc) is 2.94. The van der Waals surface area contributed by atoms with E-state index in [0.29, 0.717) is 12.3 Å². The van der Waals surface area contributed by atoms with Gasteiger partial charge in [0.25, 0.3) is 0 Å². The first kappa shape index (κ1) is 35.0. The van der Waals surface area contributed by atoms with Gasteiger partial charge in [0.1, 0.15) is 0 Å². The normalized spacial score (nSPS) is 16.5. The number of hydrogen-bond acceptors (Lipinski definition) is 5. The molecular weight excluding hydrogens is 498 g/mol. The average molecular weight is 556 g/mol. The molecular formula is C31H57NO5S.